The summed E-state index contributed by atoms with van der Waals surface area (Å²) < 4.78 is 0. The molecule has 2 aromatic carbocycles. The van der Waals surface area contributed by atoms with E-state index in [4.69, 9.17) is 10.8 Å². The van der Waals surface area contributed by atoms with Crippen molar-refractivity contribution in [3.8, 4) is 5.75 Å². The minimum absolute atomic E-state index is 0.709. The van der Waals surface area contributed by atoms with Crippen LogP contribution in [-0.2, 0) is 0 Å². The minimum atomic E-state index is -0.993. The zero-order valence-corrected chi connectivity index (χ0v) is 10.2. The van der Waals surface area contributed by atoms with Gasteiger partial charge in [-0.3, -0.25) is 20.2 Å². The van der Waals surface area contributed by atoms with E-state index in [1.54, 1.807) is 0 Å². The molecule has 8 nitrogen and oxygen atoms in total. The van der Waals surface area contributed by atoms with Crippen LogP contribution < -0.4 is 5.73 Å². The monoisotopic (exact) mass is 277 g/mol. The third-order valence-electron chi connectivity index (χ3n) is 2.17. The van der Waals surface area contributed by atoms with Gasteiger partial charge in [-0.05, 0) is 18.2 Å². The van der Waals surface area contributed by atoms with Crippen molar-refractivity contribution in [2.24, 2.45) is 0 Å². The van der Waals surface area contributed by atoms with E-state index in [-0.39, 0.29) is 0 Å². The Balaban J connectivity index is 0.000000240. The van der Waals surface area contributed by atoms with Crippen LogP contribution in [0.25, 0.3) is 0 Å². The molecular formula is C12H11N3O5. The summed E-state index contributed by atoms with van der Waals surface area (Å²) in [6.45, 7) is 0. The van der Waals surface area contributed by atoms with Gasteiger partial charge in [-0.2, -0.15) is 0 Å². The Labute approximate surface area is 113 Å². The molecule has 20 heavy (non-hydrogen) atoms. The molecule has 0 aromatic heterocycles. The third-order valence-corrected chi connectivity index (χ3v) is 2.17. The van der Waals surface area contributed by atoms with E-state index in [2.05, 4.69) is 0 Å². The number of phenolic OH excluding ortho intramolecular Hbond substituents is 1. The minimum Gasteiger partial charge on any atom is -0.502 e. The van der Waals surface area contributed by atoms with Crippen LogP contribution in [0.3, 0.4) is 0 Å². The molecule has 0 saturated carbocycles. The number of hydrogen-bond donors (Lipinski definition) is 2. The van der Waals surface area contributed by atoms with Crippen LogP contribution in [0, 0.1) is 20.2 Å². The number of nitro benzene ring substituents is 2. The summed E-state index contributed by atoms with van der Waals surface area (Å²) in [5, 5.41) is 29.5. The number of nitrogen functional groups attached to an aromatic ring is 1. The molecule has 0 amide bonds. The first-order chi connectivity index (χ1) is 9.43. The first-order valence-corrected chi connectivity index (χ1v) is 5.34. The molecule has 0 bridgehead atoms. The van der Waals surface area contributed by atoms with Crippen molar-refractivity contribution in [3.63, 3.8) is 0 Å². The fourth-order valence-electron chi connectivity index (χ4n) is 1.31. The number of benzene rings is 2. The average molecular weight is 277 g/mol. The van der Waals surface area contributed by atoms with Crippen LogP contribution in [0.5, 0.6) is 5.75 Å². The average Bonchev–Trinajstić information content (AvgIpc) is 2.39. The molecule has 104 valence electrons. The molecule has 0 aliphatic rings. The topological polar surface area (TPSA) is 133 Å². The molecule has 0 spiro atoms. The summed E-state index contributed by atoms with van der Waals surface area (Å²) in [7, 11) is 0. The summed E-state index contributed by atoms with van der Waals surface area (Å²) in [5.41, 5.74) is 4.58. The number of phenols is 1. The normalized spacial score (nSPS) is 9.20. The van der Waals surface area contributed by atoms with Gasteiger partial charge in [0.1, 0.15) is 0 Å². The van der Waals surface area contributed by atoms with Gasteiger partial charge in [0.25, 0.3) is 0 Å². The van der Waals surface area contributed by atoms with Gasteiger partial charge < -0.3 is 10.8 Å². The number of nitro groups is 2. The molecule has 3 N–H and O–H groups in total. The van der Waals surface area contributed by atoms with Crippen molar-refractivity contribution in [1.82, 2.24) is 0 Å². The Kier molecular flexibility index (Phi) is 4.98. The van der Waals surface area contributed by atoms with Crippen LogP contribution in [0.2, 0.25) is 0 Å². The quantitative estimate of drug-likeness (QED) is 0.492. The van der Waals surface area contributed by atoms with E-state index in [1.807, 2.05) is 30.3 Å². The first kappa shape index (κ1) is 14.9. The molecule has 0 heterocycles. The van der Waals surface area contributed by atoms with Crippen LogP contribution in [0.4, 0.5) is 17.1 Å². The van der Waals surface area contributed by atoms with E-state index in [1.165, 1.54) is 6.07 Å². The fourth-order valence-corrected chi connectivity index (χ4v) is 1.31. The molecular weight excluding hydrogens is 266 g/mol. The molecule has 0 aliphatic heterocycles. The Hall–Kier alpha value is -3.16. The lowest BCUT2D eigenvalue weighted by molar-refractivity contribution is -0.423. The van der Waals surface area contributed by atoms with E-state index in [0.29, 0.717) is 0 Å². The lowest BCUT2D eigenvalue weighted by atomic mass is 10.2. The predicted octanol–water partition coefficient (Wildman–Crippen LogP) is 2.48. The van der Waals surface area contributed by atoms with Crippen molar-refractivity contribution in [2.45, 2.75) is 0 Å². The van der Waals surface area contributed by atoms with Crippen molar-refractivity contribution in [1.29, 1.82) is 0 Å². The zero-order chi connectivity index (χ0) is 15.1. The van der Waals surface area contributed by atoms with Gasteiger partial charge >= 0.3 is 11.4 Å². The molecule has 0 atom stereocenters. The molecule has 0 saturated heterocycles. The van der Waals surface area contributed by atoms with Crippen molar-refractivity contribution in [2.75, 3.05) is 5.73 Å². The van der Waals surface area contributed by atoms with Crippen LogP contribution in [-0.4, -0.2) is 15.0 Å². The van der Waals surface area contributed by atoms with Gasteiger partial charge in [0.2, 0.25) is 5.75 Å². The van der Waals surface area contributed by atoms with Crippen LogP contribution in [0.15, 0.2) is 48.5 Å². The summed E-state index contributed by atoms with van der Waals surface area (Å²) in [4.78, 5) is 18.6. The molecule has 0 unspecified atom stereocenters. The Morgan fingerprint density at radius 3 is 1.85 bits per heavy atom. The van der Waals surface area contributed by atoms with Gasteiger partial charge in [0, 0.05) is 11.8 Å². The molecule has 8 heteroatoms. The molecule has 2 rings (SSSR count). The van der Waals surface area contributed by atoms with Gasteiger partial charge in [-0.1, -0.05) is 24.3 Å². The second kappa shape index (κ2) is 6.69. The number of anilines is 1. The van der Waals surface area contributed by atoms with E-state index in [9.17, 15) is 20.2 Å². The lowest BCUT2D eigenvalue weighted by Gasteiger charge is -1.95. The number of nitrogens with two attached hydrogens (primary N) is 1. The Bertz CT molecular complexity index is 616. The highest BCUT2D eigenvalue weighted by atomic mass is 16.6. The highest BCUT2D eigenvalue weighted by Gasteiger charge is 2.27. The molecule has 0 aliphatic carbocycles. The molecule has 0 radical (unpaired) electrons. The third kappa shape index (κ3) is 3.95. The van der Waals surface area contributed by atoms with Crippen LogP contribution >= 0.6 is 0 Å². The first-order valence-electron chi connectivity index (χ1n) is 5.34. The number of rotatable bonds is 2. The Morgan fingerprint density at radius 2 is 1.50 bits per heavy atom. The predicted molar refractivity (Wildman–Crippen MR) is 72.3 cm³/mol. The second-order valence-electron chi connectivity index (χ2n) is 3.57. The molecule has 2 aromatic rings. The van der Waals surface area contributed by atoms with Gasteiger partial charge in [-0.15, -0.1) is 0 Å². The van der Waals surface area contributed by atoms with E-state index < -0.39 is 27.0 Å². The SMILES string of the molecule is Nc1ccccc1.O=[N+]([O-])c1cccc(O)c1[N+](=O)[O-]. The van der Waals surface area contributed by atoms with Crippen molar-refractivity contribution >= 4 is 17.1 Å². The zero-order valence-electron chi connectivity index (χ0n) is 10.2. The summed E-state index contributed by atoms with van der Waals surface area (Å²) in [6.07, 6.45) is 0. The fraction of sp³-hybridized carbons (Fsp3) is 0. The number of para-hydroxylation sites is 2. The number of aromatic hydroxyl groups is 1. The van der Waals surface area contributed by atoms with Crippen LogP contribution in [0.1, 0.15) is 0 Å². The maximum absolute atomic E-state index is 10.3. The van der Waals surface area contributed by atoms with E-state index >= 15 is 0 Å². The largest absolute Gasteiger partial charge is 0.502 e. The second-order valence-corrected chi connectivity index (χ2v) is 3.57. The van der Waals surface area contributed by atoms with Crippen molar-refractivity contribution in [3.05, 3.63) is 68.8 Å². The standard InChI is InChI=1S/C6H4N2O5.C6H7N/c9-5-3-1-2-4(7(10)11)6(5)8(12)13;7-6-4-2-1-3-5-6/h1-3,9H;1-5H,7H2. The highest BCUT2D eigenvalue weighted by molar-refractivity contribution is 5.60. The van der Waals surface area contributed by atoms with Gasteiger partial charge in [-0.25, -0.2) is 0 Å². The van der Waals surface area contributed by atoms with Gasteiger partial charge in [0.15, 0.2) is 0 Å². The van der Waals surface area contributed by atoms with E-state index in [0.717, 1.165) is 17.8 Å². The summed E-state index contributed by atoms with van der Waals surface area (Å²) >= 11 is 0. The number of hydrogen-bond acceptors (Lipinski definition) is 6. The molecule has 0 fully saturated rings. The number of nitrogens with zero attached hydrogens (tertiary/aromatic N) is 2. The van der Waals surface area contributed by atoms with Crippen molar-refractivity contribution < 1.29 is 15.0 Å². The lowest BCUT2D eigenvalue weighted by Crippen LogP contribution is -1.96. The Morgan fingerprint density at radius 1 is 0.900 bits per heavy atom. The maximum atomic E-state index is 10.3. The highest BCUT2D eigenvalue weighted by Crippen LogP contribution is 2.34. The summed E-state index contributed by atoms with van der Waals surface area (Å²) in [6, 6.07) is 12.6. The van der Waals surface area contributed by atoms with Gasteiger partial charge in [0.05, 0.1) is 9.85 Å². The smallest absolute Gasteiger partial charge is 0.387 e. The summed E-state index contributed by atoms with van der Waals surface area (Å²) in [5.74, 6) is -0.709. The maximum Gasteiger partial charge on any atom is 0.387 e.